The van der Waals surface area contributed by atoms with E-state index in [1.54, 1.807) is 0 Å². The molecule has 0 radical (unpaired) electrons. The van der Waals surface area contributed by atoms with Crippen LogP contribution in [0, 0.1) is 5.92 Å². The number of rotatable bonds is 1. The zero-order chi connectivity index (χ0) is 12.0. The van der Waals surface area contributed by atoms with Crippen molar-refractivity contribution in [2.45, 2.75) is 25.7 Å². The zero-order valence-corrected chi connectivity index (χ0v) is 9.79. The zero-order valence-electron chi connectivity index (χ0n) is 9.79. The van der Waals surface area contributed by atoms with Crippen molar-refractivity contribution in [1.82, 2.24) is 0 Å². The highest BCUT2D eigenvalue weighted by molar-refractivity contribution is 6.12. The lowest BCUT2D eigenvalue weighted by molar-refractivity contribution is -0.143. The lowest BCUT2D eigenvalue weighted by Gasteiger charge is -2.05. The van der Waals surface area contributed by atoms with Gasteiger partial charge in [-0.3, -0.25) is 9.59 Å². The molecule has 17 heavy (non-hydrogen) atoms. The fourth-order valence-electron chi connectivity index (χ4n) is 3.02. The van der Waals surface area contributed by atoms with Gasteiger partial charge in [-0.05, 0) is 42.4 Å². The number of fused-ring (bicyclic) bond motifs is 3. The second-order valence-electron chi connectivity index (χ2n) is 4.73. The smallest absolute Gasteiger partial charge is 0.316 e. The Bertz CT molecular complexity index is 516. The van der Waals surface area contributed by atoms with Crippen LogP contribution in [0.2, 0.25) is 0 Å². The van der Waals surface area contributed by atoms with E-state index in [0.717, 1.165) is 30.4 Å². The third-order valence-electron chi connectivity index (χ3n) is 3.88. The van der Waals surface area contributed by atoms with Crippen LogP contribution in [0.1, 0.15) is 33.5 Å². The first-order valence-electron chi connectivity index (χ1n) is 5.98. The van der Waals surface area contributed by atoms with Gasteiger partial charge in [-0.15, -0.1) is 0 Å². The molecule has 1 aromatic rings. The van der Waals surface area contributed by atoms with Gasteiger partial charge in [0.25, 0.3) is 0 Å². The molecule has 1 aromatic carbocycles. The second kappa shape index (κ2) is 3.69. The number of ether oxygens (including phenoxy) is 1. The van der Waals surface area contributed by atoms with E-state index in [9.17, 15) is 9.59 Å². The molecule has 3 nitrogen and oxygen atoms in total. The van der Waals surface area contributed by atoms with Crippen LogP contribution in [-0.4, -0.2) is 18.9 Å². The quantitative estimate of drug-likeness (QED) is 0.545. The summed E-state index contributed by atoms with van der Waals surface area (Å²) >= 11 is 0. The van der Waals surface area contributed by atoms with Crippen LogP contribution in [-0.2, 0) is 28.8 Å². The lowest BCUT2D eigenvalue weighted by Crippen LogP contribution is -2.21. The number of methoxy groups -OCH3 is 1. The van der Waals surface area contributed by atoms with E-state index in [1.165, 1.54) is 18.2 Å². The predicted octanol–water partition coefficient (Wildman–Crippen LogP) is 1.70. The molecular formula is C14H14O3. The molecule has 0 fully saturated rings. The average Bonchev–Trinajstić information content (AvgIpc) is 2.92. The maximum atomic E-state index is 12.1. The summed E-state index contributed by atoms with van der Waals surface area (Å²) in [6, 6.07) is 3.92. The van der Waals surface area contributed by atoms with Gasteiger partial charge >= 0.3 is 5.97 Å². The molecule has 0 bridgehead atoms. The molecule has 0 saturated heterocycles. The molecule has 0 aliphatic heterocycles. The van der Waals surface area contributed by atoms with E-state index in [-0.39, 0.29) is 5.78 Å². The Hall–Kier alpha value is -1.64. The molecule has 0 N–H and O–H groups in total. The van der Waals surface area contributed by atoms with Crippen LogP contribution in [0.25, 0.3) is 0 Å². The Labute approximate surface area is 99.8 Å². The van der Waals surface area contributed by atoms with Gasteiger partial charge in [0.1, 0.15) is 5.92 Å². The van der Waals surface area contributed by atoms with Crippen molar-refractivity contribution in [2.75, 3.05) is 7.11 Å². The third-order valence-corrected chi connectivity index (χ3v) is 3.88. The summed E-state index contributed by atoms with van der Waals surface area (Å²) in [5.41, 5.74) is 4.49. The van der Waals surface area contributed by atoms with Gasteiger partial charge in [0.15, 0.2) is 5.78 Å². The van der Waals surface area contributed by atoms with Crippen molar-refractivity contribution in [3.05, 3.63) is 34.4 Å². The number of Topliss-reactive ketones (excluding diaryl/α,β-unsaturated/α-hetero) is 1. The van der Waals surface area contributed by atoms with E-state index >= 15 is 0 Å². The highest BCUT2D eigenvalue weighted by Crippen LogP contribution is 2.35. The summed E-state index contributed by atoms with van der Waals surface area (Å²) < 4.78 is 4.70. The Morgan fingerprint density at radius 1 is 1.29 bits per heavy atom. The highest BCUT2D eigenvalue weighted by atomic mass is 16.5. The Kier molecular flexibility index (Phi) is 2.28. The molecule has 0 amide bonds. The summed E-state index contributed by atoms with van der Waals surface area (Å²) in [5, 5.41) is 0. The van der Waals surface area contributed by atoms with Crippen LogP contribution >= 0.6 is 0 Å². The first-order valence-corrected chi connectivity index (χ1v) is 5.98. The van der Waals surface area contributed by atoms with Gasteiger partial charge in [0.2, 0.25) is 0 Å². The van der Waals surface area contributed by atoms with E-state index in [4.69, 9.17) is 4.74 Å². The first kappa shape index (κ1) is 10.5. The third kappa shape index (κ3) is 1.42. The molecule has 2 aliphatic carbocycles. The summed E-state index contributed by atoms with van der Waals surface area (Å²) in [7, 11) is 1.34. The second-order valence-corrected chi connectivity index (χ2v) is 4.73. The summed E-state index contributed by atoms with van der Waals surface area (Å²) in [5.74, 6) is -1.08. The number of carbonyl (C=O) groups excluding carboxylic acids is 2. The van der Waals surface area contributed by atoms with Crippen molar-refractivity contribution >= 4 is 11.8 Å². The minimum atomic E-state index is -0.609. The van der Waals surface area contributed by atoms with E-state index in [1.807, 2.05) is 12.1 Å². The predicted molar refractivity (Wildman–Crippen MR) is 62.0 cm³/mol. The van der Waals surface area contributed by atoms with Gasteiger partial charge in [-0.25, -0.2) is 0 Å². The van der Waals surface area contributed by atoms with Gasteiger partial charge in [-0.1, -0.05) is 12.1 Å². The summed E-state index contributed by atoms with van der Waals surface area (Å²) in [6.45, 7) is 0. The molecule has 0 saturated carbocycles. The number of esters is 1. The molecule has 0 aromatic heterocycles. The minimum absolute atomic E-state index is 0.0680. The molecule has 0 spiro atoms. The van der Waals surface area contributed by atoms with Crippen molar-refractivity contribution in [1.29, 1.82) is 0 Å². The Morgan fingerprint density at radius 2 is 2.12 bits per heavy atom. The van der Waals surface area contributed by atoms with Crippen molar-refractivity contribution in [3.8, 4) is 0 Å². The van der Waals surface area contributed by atoms with Crippen LogP contribution in [0.15, 0.2) is 12.1 Å². The van der Waals surface area contributed by atoms with Crippen LogP contribution in [0.4, 0.5) is 0 Å². The summed E-state index contributed by atoms with van der Waals surface area (Å²) in [4.78, 5) is 23.6. The normalized spacial score (nSPS) is 21.2. The maximum absolute atomic E-state index is 12.1. The molecule has 0 unspecified atom stereocenters. The lowest BCUT2D eigenvalue weighted by atomic mass is 9.99. The Balaban J connectivity index is 2.05. The SMILES string of the molecule is COC(=O)[C@@H]1Cc2c(ccc3c2CCC3)C1=O. The number of hydrogen-bond donors (Lipinski definition) is 0. The monoisotopic (exact) mass is 230 g/mol. The molecule has 2 aliphatic rings. The van der Waals surface area contributed by atoms with Gasteiger partial charge in [0, 0.05) is 5.56 Å². The molecule has 3 heteroatoms. The van der Waals surface area contributed by atoms with Crippen molar-refractivity contribution < 1.29 is 14.3 Å². The Morgan fingerprint density at radius 3 is 2.88 bits per heavy atom. The molecule has 3 rings (SSSR count). The number of benzene rings is 1. The van der Waals surface area contributed by atoms with Crippen LogP contribution in [0.5, 0.6) is 0 Å². The minimum Gasteiger partial charge on any atom is -0.468 e. The van der Waals surface area contributed by atoms with Crippen LogP contribution in [0.3, 0.4) is 0 Å². The number of hydrogen-bond acceptors (Lipinski definition) is 3. The van der Waals surface area contributed by atoms with Crippen LogP contribution < -0.4 is 0 Å². The number of aryl methyl sites for hydroxylation is 1. The maximum Gasteiger partial charge on any atom is 0.316 e. The largest absolute Gasteiger partial charge is 0.468 e. The molecule has 88 valence electrons. The fourth-order valence-corrected chi connectivity index (χ4v) is 3.02. The summed E-state index contributed by atoms with van der Waals surface area (Å²) in [6.07, 6.45) is 3.83. The standard InChI is InChI=1S/C14H14O3/c1-17-14(16)12-7-11-9-4-2-3-8(9)5-6-10(11)13(12)15/h5-6,12H,2-4,7H2,1H3/t12-/m1/s1. The fraction of sp³-hybridized carbons (Fsp3) is 0.429. The van der Waals surface area contributed by atoms with E-state index in [2.05, 4.69) is 0 Å². The van der Waals surface area contributed by atoms with Crippen molar-refractivity contribution in [2.24, 2.45) is 5.92 Å². The van der Waals surface area contributed by atoms with Gasteiger partial charge < -0.3 is 4.74 Å². The van der Waals surface area contributed by atoms with Gasteiger partial charge in [0.05, 0.1) is 7.11 Å². The topological polar surface area (TPSA) is 43.4 Å². The van der Waals surface area contributed by atoms with E-state index < -0.39 is 11.9 Å². The number of ketones is 1. The molecular weight excluding hydrogens is 216 g/mol. The number of carbonyl (C=O) groups is 2. The van der Waals surface area contributed by atoms with Crippen molar-refractivity contribution in [3.63, 3.8) is 0 Å². The highest BCUT2D eigenvalue weighted by Gasteiger charge is 2.38. The average molecular weight is 230 g/mol. The molecule has 1 atom stereocenters. The first-order chi connectivity index (χ1) is 8.22. The van der Waals surface area contributed by atoms with Gasteiger partial charge in [-0.2, -0.15) is 0 Å². The van der Waals surface area contributed by atoms with E-state index in [0.29, 0.717) is 6.42 Å². The molecule has 0 heterocycles.